The Kier molecular flexibility index (Phi) is 3.27. The summed E-state index contributed by atoms with van der Waals surface area (Å²) in [4.78, 5) is 16.8. The normalized spacial score (nSPS) is 21.3. The summed E-state index contributed by atoms with van der Waals surface area (Å²) in [5.41, 5.74) is 2.77. The topological polar surface area (TPSA) is 17.1 Å². The van der Waals surface area contributed by atoms with E-state index < -0.39 is 0 Å². The average molecular weight is 302 g/mol. The van der Waals surface area contributed by atoms with E-state index in [9.17, 15) is 4.79 Å². The van der Waals surface area contributed by atoms with Crippen molar-refractivity contribution >= 4 is 28.5 Å². The molecule has 3 heteroatoms. The zero-order valence-corrected chi connectivity index (χ0v) is 13.1. The van der Waals surface area contributed by atoms with E-state index in [0.29, 0.717) is 5.78 Å². The summed E-state index contributed by atoms with van der Waals surface area (Å²) in [6, 6.07) is 4.37. The molecule has 0 saturated heterocycles. The molecule has 2 aliphatic rings. The van der Waals surface area contributed by atoms with Crippen molar-refractivity contribution in [1.82, 2.24) is 0 Å². The smallest absolute Gasteiger partial charge is 0.180 e. The summed E-state index contributed by atoms with van der Waals surface area (Å²) in [6.07, 6.45) is 8.29. The predicted molar refractivity (Wildman–Crippen MR) is 85.3 cm³/mol. The minimum Gasteiger partial charge on any atom is -0.293 e. The van der Waals surface area contributed by atoms with Crippen molar-refractivity contribution in [3.63, 3.8) is 0 Å². The Balaban J connectivity index is 1.67. The molecule has 0 aromatic carbocycles. The fourth-order valence-corrected chi connectivity index (χ4v) is 5.78. The maximum absolute atomic E-state index is 12.9. The van der Waals surface area contributed by atoms with Crippen LogP contribution in [0.4, 0.5) is 0 Å². The molecular formula is C17H18OS2. The van der Waals surface area contributed by atoms with Gasteiger partial charge in [0.15, 0.2) is 5.78 Å². The second-order valence-corrected chi connectivity index (χ2v) is 8.01. The third-order valence-corrected chi connectivity index (χ3v) is 6.86. The third kappa shape index (κ3) is 2.08. The molecule has 0 radical (unpaired) electrons. The minimum atomic E-state index is 0.130. The highest BCUT2D eigenvalue weighted by Crippen LogP contribution is 2.39. The molecule has 1 unspecified atom stereocenters. The quantitative estimate of drug-likeness (QED) is 0.714. The maximum atomic E-state index is 12.9. The molecule has 0 amide bonds. The molecule has 0 spiro atoms. The molecule has 1 nitrogen and oxygen atoms in total. The van der Waals surface area contributed by atoms with Gasteiger partial charge in [-0.15, -0.1) is 22.7 Å². The Bertz CT molecular complexity index is 626. The lowest BCUT2D eigenvalue weighted by Gasteiger charge is -2.20. The first kappa shape index (κ1) is 12.8. The van der Waals surface area contributed by atoms with Crippen LogP contribution in [0.15, 0.2) is 17.5 Å². The predicted octanol–water partition coefficient (Wildman–Crippen LogP) is 4.99. The third-order valence-electron chi connectivity index (χ3n) is 4.61. The molecule has 0 aliphatic heterocycles. The van der Waals surface area contributed by atoms with Gasteiger partial charge in [-0.3, -0.25) is 4.79 Å². The molecular weight excluding hydrogens is 284 g/mol. The van der Waals surface area contributed by atoms with Crippen LogP contribution in [0.3, 0.4) is 0 Å². The van der Waals surface area contributed by atoms with E-state index in [2.05, 4.69) is 17.5 Å². The first-order chi connectivity index (χ1) is 9.83. The van der Waals surface area contributed by atoms with E-state index in [1.54, 1.807) is 11.3 Å². The number of rotatable bonds is 2. The van der Waals surface area contributed by atoms with Gasteiger partial charge in [-0.05, 0) is 73.6 Å². The SMILES string of the molecule is O=C(c1cc2c(s1)CCCC2)C1CCCc2sccc21. The van der Waals surface area contributed by atoms with Gasteiger partial charge in [0, 0.05) is 15.7 Å². The average Bonchev–Trinajstić information content (AvgIpc) is 3.12. The molecule has 0 N–H and O–H groups in total. The van der Waals surface area contributed by atoms with Crippen molar-refractivity contribution in [1.29, 1.82) is 0 Å². The molecule has 2 heterocycles. The Morgan fingerprint density at radius 1 is 1.10 bits per heavy atom. The number of aryl methyl sites for hydroxylation is 3. The lowest BCUT2D eigenvalue weighted by Crippen LogP contribution is -2.16. The highest BCUT2D eigenvalue weighted by Gasteiger charge is 2.29. The van der Waals surface area contributed by atoms with Gasteiger partial charge in [0.25, 0.3) is 0 Å². The molecule has 2 aliphatic carbocycles. The molecule has 4 rings (SSSR count). The van der Waals surface area contributed by atoms with Crippen LogP contribution >= 0.6 is 22.7 Å². The molecule has 2 aromatic heterocycles. The Labute approximate surface area is 127 Å². The highest BCUT2D eigenvalue weighted by atomic mass is 32.1. The summed E-state index contributed by atoms with van der Waals surface area (Å²) >= 11 is 3.59. The van der Waals surface area contributed by atoms with Crippen LogP contribution < -0.4 is 0 Å². The molecule has 0 saturated carbocycles. The number of fused-ring (bicyclic) bond motifs is 2. The maximum Gasteiger partial charge on any atom is 0.180 e. The van der Waals surface area contributed by atoms with E-state index in [1.807, 2.05) is 11.3 Å². The van der Waals surface area contributed by atoms with Crippen LogP contribution in [0.5, 0.6) is 0 Å². The summed E-state index contributed by atoms with van der Waals surface area (Å²) in [6.45, 7) is 0. The second kappa shape index (κ2) is 5.12. The summed E-state index contributed by atoms with van der Waals surface area (Å²) in [5.74, 6) is 0.508. The van der Waals surface area contributed by atoms with Gasteiger partial charge in [0.05, 0.1) is 4.88 Å². The van der Waals surface area contributed by atoms with Gasteiger partial charge in [-0.25, -0.2) is 0 Å². The molecule has 0 fully saturated rings. The van der Waals surface area contributed by atoms with E-state index in [1.165, 1.54) is 46.6 Å². The zero-order valence-electron chi connectivity index (χ0n) is 11.5. The van der Waals surface area contributed by atoms with Crippen molar-refractivity contribution in [2.75, 3.05) is 0 Å². The van der Waals surface area contributed by atoms with Crippen molar-refractivity contribution < 1.29 is 4.79 Å². The van der Waals surface area contributed by atoms with E-state index in [-0.39, 0.29) is 5.92 Å². The summed E-state index contributed by atoms with van der Waals surface area (Å²) in [7, 11) is 0. The lowest BCUT2D eigenvalue weighted by atomic mass is 9.84. The number of Topliss-reactive ketones (excluding diaryl/α,β-unsaturated/α-hetero) is 1. The Morgan fingerprint density at radius 3 is 2.85 bits per heavy atom. The fourth-order valence-electron chi connectivity index (χ4n) is 3.54. The second-order valence-electron chi connectivity index (χ2n) is 5.87. The number of hydrogen-bond donors (Lipinski definition) is 0. The van der Waals surface area contributed by atoms with E-state index >= 15 is 0 Å². The number of carbonyl (C=O) groups excluding carboxylic acids is 1. The van der Waals surface area contributed by atoms with Gasteiger partial charge in [0.2, 0.25) is 0 Å². The van der Waals surface area contributed by atoms with Crippen LogP contribution in [0.1, 0.15) is 62.2 Å². The standard InChI is InChI=1S/C17H18OS2/c18-17(13-5-3-7-15-12(13)8-9-19-15)16-10-11-4-1-2-6-14(11)20-16/h8-10,13H,1-7H2. The van der Waals surface area contributed by atoms with E-state index in [0.717, 1.165) is 24.1 Å². The van der Waals surface area contributed by atoms with Gasteiger partial charge >= 0.3 is 0 Å². The van der Waals surface area contributed by atoms with Gasteiger partial charge in [-0.2, -0.15) is 0 Å². The summed E-state index contributed by atoms with van der Waals surface area (Å²) in [5, 5.41) is 2.15. The largest absolute Gasteiger partial charge is 0.293 e. The van der Waals surface area contributed by atoms with Gasteiger partial charge < -0.3 is 0 Å². The number of hydrogen-bond acceptors (Lipinski definition) is 3. The van der Waals surface area contributed by atoms with Crippen molar-refractivity contribution in [3.8, 4) is 0 Å². The Hall–Kier alpha value is -0.930. The number of carbonyl (C=O) groups is 1. The number of thiophene rings is 2. The zero-order chi connectivity index (χ0) is 13.5. The summed E-state index contributed by atoms with van der Waals surface area (Å²) < 4.78 is 0. The molecule has 2 aromatic rings. The van der Waals surface area contributed by atoms with Crippen molar-refractivity contribution in [2.24, 2.45) is 0 Å². The molecule has 20 heavy (non-hydrogen) atoms. The highest BCUT2D eigenvalue weighted by molar-refractivity contribution is 7.14. The minimum absolute atomic E-state index is 0.130. The first-order valence-corrected chi connectivity index (χ1v) is 9.24. The van der Waals surface area contributed by atoms with Crippen LogP contribution in [-0.2, 0) is 19.3 Å². The fraction of sp³-hybridized carbons (Fsp3) is 0.471. The Morgan fingerprint density at radius 2 is 1.95 bits per heavy atom. The lowest BCUT2D eigenvalue weighted by molar-refractivity contribution is 0.0955. The molecule has 0 bridgehead atoms. The van der Waals surface area contributed by atoms with Crippen LogP contribution in [0.2, 0.25) is 0 Å². The van der Waals surface area contributed by atoms with Gasteiger partial charge in [-0.1, -0.05) is 0 Å². The van der Waals surface area contributed by atoms with Crippen molar-refractivity contribution in [3.05, 3.63) is 43.3 Å². The van der Waals surface area contributed by atoms with Crippen LogP contribution in [0.25, 0.3) is 0 Å². The monoisotopic (exact) mass is 302 g/mol. The van der Waals surface area contributed by atoms with Crippen LogP contribution in [0, 0.1) is 0 Å². The van der Waals surface area contributed by atoms with E-state index in [4.69, 9.17) is 0 Å². The van der Waals surface area contributed by atoms with Crippen molar-refractivity contribution in [2.45, 2.75) is 50.9 Å². The van der Waals surface area contributed by atoms with Crippen LogP contribution in [-0.4, -0.2) is 5.78 Å². The first-order valence-electron chi connectivity index (χ1n) is 7.55. The van der Waals surface area contributed by atoms with Gasteiger partial charge in [0.1, 0.15) is 0 Å². The molecule has 104 valence electrons. The number of ketones is 1. The molecule has 1 atom stereocenters.